The molecule has 1 saturated heterocycles. The Morgan fingerprint density at radius 2 is 2.33 bits per heavy atom. The summed E-state index contributed by atoms with van der Waals surface area (Å²) in [5.41, 5.74) is 6.62. The van der Waals surface area contributed by atoms with Gasteiger partial charge < -0.3 is 10.6 Å². The highest BCUT2D eigenvalue weighted by Gasteiger charge is 2.24. The second-order valence-corrected chi connectivity index (χ2v) is 5.83. The van der Waals surface area contributed by atoms with E-state index in [1.54, 1.807) is 6.07 Å². The Morgan fingerprint density at radius 1 is 1.56 bits per heavy atom. The Kier molecular flexibility index (Phi) is 4.39. The first-order chi connectivity index (χ1) is 8.61. The minimum absolute atomic E-state index is 0.194. The van der Waals surface area contributed by atoms with E-state index in [-0.39, 0.29) is 10.6 Å². The average Bonchev–Trinajstić information content (AvgIpc) is 2.38. The number of rotatable bonds is 3. The predicted molar refractivity (Wildman–Crippen MR) is 79.8 cm³/mol. The summed E-state index contributed by atoms with van der Waals surface area (Å²) in [6, 6.07) is 5.38. The molecule has 0 amide bonds. The number of nitrogens with two attached hydrogens (primary N) is 1. The summed E-state index contributed by atoms with van der Waals surface area (Å²) in [5, 5.41) is 11.1. The fraction of sp³-hybridized carbons (Fsp3) is 0.500. The highest BCUT2D eigenvalue weighted by molar-refractivity contribution is 14.1. The van der Waals surface area contributed by atoms with Gasteiger partial charge in [-0.25, -0.2) is 0 Å². The number of halogens is 1. The van der Waals surface area contributed by atoms with Gasteiger partial charge in [0.05, 0.1) is 4.92 Å². The molecule has 0 spiro atoms. The van der Waals surface area contributed by atoms with Crippen molar-refractivity contribution in [3.63, 3.8) is 0 Å². The molecule has 0 unspecified atom stereocenters. The first-order valence-corrected chi connectivity index (χ1v) is 7.08. The Balaban J connectivity index is 2.29. The number of anilines is 1. The van der Waals surface area contributed by atoms with Gasteiger partial charge in [-0.2, -0.15) is 0 Å². The Labute approximate surface area is 120 Å². The van der Waals surface area contributed by atoms with Gasteiger partial charge in [-0.05, 0) is 60.0 Å². The Morgan fingerprint density at radius 3 is 3.00 bits per heavy atom. The molecule has 1 atom stereocenters. The zero-order chi connectivity index (χ0) is 13.1. The third kappa shape index (κ3) is 2.92. The molecule has 1 aromatic rings. The van der Waals surface area contributed by atoms with Crippen LogP contribution in [0.1, 0.15) is 12.8 Å². The molecule has 1 heterocycles. The summed E-state index contributed by atoms with van der Waals surface area (Å²) in [6.45, 7) is 2.34. The van der Waals surface area contributed by atoms with E-state index in [0.29, 0.717) is 12.5 Å². The van der Waals surface area contributed by atoms with Crippen LogP contribution in [0.15, 0.2) is 18.2 Å². The third-order valence-corrected chi connectivity index (χ3v) is 4.00. The van der Waals surface area contributed by atoms with Crippen molar-refractivity contribution < 1.29 is 4.92 Å². The van der Waals surface area contributed by atoms with Crippen LogP contribution >= 0.6 is 22.6 Å². The molecule has 1 fully saturated rings. The second kappa shape index (κ2) is 5.83. The fourth-order valence-corrected chi connectivity index (χ4v) is 2.86. The monoisotopic (exact) mass is 361 g/mol. The number of nitro groups is 1. The van der Waals surface area contributed by atoms with Gasteiger partial charge in [-0.3, -0.25) is 10.1 Å². The van der Waals surface area contributed by atoms with Gasteiger partial charge in [0, 0.05) is 22.7 Å². The van der Waals surface area contributed by atoms with Crippen LogP contribution in [0, 0.1) is 19.6 Å². The smallest absolute Gasteiger partial charge is 0.293 e. The minimum atomic E-state index is -0.302. The lowest BCUT2D eigenvalue weighted by atomic mass is 9.97. The fourth-order valence-electron chi connectivity index (χ4n) is 2.39. The van der Waals surface area contributed by atoms with Crippen LogP contribution < -0.4 is 10.6 Å². The normalized spacial score (nSPS) is 19.9. The number of piperidine rings is 1. The van der Waals surface area contributed by atoms with E-state index < -0.39 is 0 Å². The molecule has 2 N–H and O–H groups in total. The summed E-state index contributed by atoms with van der Waals surface area (Å²) in [7, 11) is 0. The molecular weight excluding hydrogens is 345 g/mol. The van der Waals surface area contributed by atoms with Crippen molar-refractivity contribution in [2.24, 2.45) is 11.7 Å². The summed E-state index contributed by atoms with van der Waals surface area (Å²) >= 11 is 2.09. The van der Waals surface area contributed by atoms with Crippen molar-refractivity contribution in [1.29, 1.82) is 0 Å². The van der Waals surface area contributed by atoms with Crippen LogP contribution in [-0.2, 0) is 0 Å². The van der Waals surface area contributed by atoms with Gasteiger partial charge in [-0.1, -0.05) is 0 Å². The molecule has 18 heavy (non-hydrogen) atoms. The average molecular weight is 361 g/mol. The van der Waals surface area contributed by atoms with Crippen LogP contribution in [0.5, 0.6) is 0 Å². The van der Waals surface area contributed by atoms with Crippen LogP contribution in [0.2, 0.25) is 0 Å². The largest absolute Gasteiger partial charge is 0.366 e. The molecule has 2 rings (SSSR count). The van der Waals surface area contributed by atoms with Crippen molar-refractivity contribution in [2.75, 3.05) is 24.5 Å². The molecule has 0 bridgehead atoms. The zero-order valence-electron chi connectivity index (χ0n) is 10.0. The van der Waals surface area contributed by atoms with E-state index in [1.807, 2.05) is 12.1 Å². The molecule has 1 aliphatic heterocycles. The minimum Gasteiger partial charge on any atom is -0.366 e. The lowest BCUT2D eigenvalue weighted by Gasteiger charge is -2.33. The molecule has 0 saturated carbocycles. The molecule has 6 heteroatoms. The number of nitro benzene ring substituents is 1. The van der Waals surface area contributed by atoms with Crippen molar-refractivity contribution in [1.82, 2.24) is 0 Å². The van der Waals surface area contributed by atoms with Crippen molar-refractivity contribution in [3.05, 3.63) is 31.9 Å². The molecule has 5 nitrogen and oxygen atoms in total. The highest BCUT2D eigenvalue weighted by atomic mass is 127. The van der Waals surface area contributed by atoms with E-state index >= 15 is 0 Å². The molecule has 0 aliphatic carbocycles. The zero-order valence-corrected chi connectivity index (χ0v) is 12.2. The highest BCUT2D eigenvalue weighted by Crippen LogP contribution is 2.32. The number of benzene rings is 1. The van der Waals surface area contributed by atoms with Gasteiger partial charge in [0.2, 0.25) is 0 Å². The number of hydrogen-bond donors (Lipinski definition) is 1. The van der Waals surface area contributed by atoms with Crippen LogP contribution in [0.4, 0.5) is 11.4 Å². The molecule has 98 valence electrons. The van der Waals surface area contributed by atoms with Crippen LogP contribution in [-0.4, -0.2) is 24.6 Å². The molecule has 0 aromatic heterocycles. The van der Waals surface area contributed by atoms with Gasteiger partial charge in [0.15, 0.2) is 0 Å². The van der Waals surface area contributed by atoms with Crippen LogP contribution in [0.25, 0.3) is 0 Å². The molecule has 1 aliphatic rings. The molecular formula is C12H16IN3O2. The first kappa shape index (κ1) is 13.5. The lowest BCUT2D eigenvalue weighted by Crippen LogP contribution is -2.38. The standard InChI is InChI=1S/C12H16IN3O2/c13-10-3-4-11(12(6-10)16(17)18)15-5-1-2-9(7-14)8-15/h3-4,6,9H,1-2,5,7-8,14H2/t9-/m1/s1. The van der Waals surface area contributed by atoms with E-state index in [2.05, 4.69) is 27.5 Å². The predicted octanol–water partition coefficient (Wildman–Crippen LogP) is 2.37. The second-order valence-electron chi connectivity index (χ2n) is 4.58. The van der Waals surface area contributed by atoms with Gasteiger partial charge in [0.1, 0.15) is 5.69 Å². The summed E-state index contributed by atoms with van der Waals surface area (Å²) in [5.74, 6) is 0.442. The quantitative estimate of drug-likeness (QED) is 0.510. The van der Waals surface area contributed by atoms with Crippen molar-refractivity contribution in [2.45, 2.75) is 12.8 Å². The number of nitrogens with zero attached hydrogens (tertiary/aromatic N) is 2. The summed E-state index contributed by atoms with van der Waals surface area (Å²) in [6.07, 6.45) is 2.16. The Bertz CT molecular complexity index is 453. The first-order valence-electron chi connectivity index (χ1n) is 6.00. The van der Waals surface area contributed by atoms with E-state index in [4.69, 9.17) is 5.73 Å². The summed E-state index contributed by atoms with van der Waals surface area (Å²) in [4.78, 5) is 12.9. The van der Waals surface area contributed by atoms with Gasteiger partial charge in [-0.15, -0.1) is 0 Å². The lowest BCUT2D eigenvalue weighted by molar-refractivity contribution is -0.384. The van der Waals surface area contributed by atoms with Gasteiger partial charge >= 0.3 is 0 Å². The van der Waals surface area contributed by atoms with Crippen molar-refractivity contribution in [3.8, 4) is 0 Å². The van der Waals surface area contributed by atoms with E-state index in [1.165, 1.54) is 0 Å². The van der Waals surface area contributed by atoms with E-state index in [9.17, 15) is 10.1 Å². The Hall–Kier alpha value is -0.890. The molecule has 0 radical (unpaired) electrons. The third-order valence-electron chi connectivity index (χ3n) is 3.33. The maximum absolute atomic E-state index is 11.1. The van der Waals surface area contributed by atoms with E-state index in [0.717, 1.165) is 35.2 Å². The maximum atomic E-state index is 11.1. The maximum Gasteiger partial charge on any atom is 0.293 e. The SMILES string of the molecule is NC[C@H]1CCCN(c2ccc(I)cc2[N+](=O)[O-])C1. The molecule has 1 aromatic carbocycles. The summed E-state index contributed by atoms with van der Waals surface area (Å²) < 4.78 is 0.885. The topological polar surface area (TPSA) is 72.4 Å². The van der Waals surface area contributed by atoms with Crippen LogP contribution in [0.3, 0.4) is 0 Å². The number of hydrogen-bond acceptors (Lipinski definition) is 4. The van der Waals surface area contributed by atoms with Gasteiger partial charge in [0.25, 0.3) is 5.69 Å². The van der Waals surface area contributed by atoms with Crippen molar-refractivity contribution >= 4 is 34.0 Å².